The molecule has 1 unspecified atom stereocenters. The highest BCUT2D eigenvalue weighted by molar-refractivity contribution is 5.29. The molecule has 5 heteroatoms. The Balaban J connectivity index is 2.17. The second kappa shape index (κ2) is 5.84. The Bertz CT molecular complexity index is 533. The molecule has 2 rings (SSSR count). The number of nitrogens with one attached hydrogen (secondary N) is 1. The average Bonchev–Trinajstić information content (AvgIpc) is 2.74. The van der Waals surface area contributed by atoms with E-state index in [-0.39, 0.29) is 6.04 Å². The first-order valence-corrected chi connectivity index (χ1v) is 6.33. The number of benzene rings is 1. The summed E-state index contributed by atoms with van der Waals surface area (Å²) in [4.78, 5) is 4.32. The molecule has 1 heterocycles. The molecule has 19 heavy (non-hydrogen) atoms. The number of nitrogens with zero attached hydrogens (tertiary/aromatic N) is 3. The summed E-state index contributed by atoms with van der Waals surface area (Å²) in [5.74, 6) is 2.61. The molecule has 0 bridgehead atoms. The molecule has 0 saturated heterocycles. The summed E-state index contributed by atoms with van der Waals surface area (Å²) in [5.41, 5.74) is 1.20. The molecule has 0 aliphatic carbocycles. The topological polar surface area (TPSA) is 52.0 Å². The number of hydrogen-bond acceptors (Lipinski definition) is 4. The molecule has 5 nitrogen and oxygen atoms in total. The molecule has 0 aliphatic heterocycles. The lowest BCUT2D eigenvalue weighted by Crippen LogP contribution is -2.23. The summed E-state index contributed by atoms with van der Waals surface area (Å²) in [5, 5.41) is 7.71. The summed E-state index contributed by atoms with van der Waals surface area (Å²) in [6.07, 6.45) is 0. The van der Waals surface area contributed by atoms with E-state index in [0.29, 0.717) is 0 Å². The molecular weight excluding hydrogens is 240 g/mol. The van der Waals surface area contributed by atoms with Crippen molar-refractivity contribution in [3.8, 4) is 5.75 Å². The van der Waals surface area contributed by atoms with Crippen molar-refractivity contribution in [1.82, 2.24) is 20.1 Å². The SMILES string of the molecule is CNC(Cn1nc(C)nc1C)c1ccc(OC)cc1. The molecule has 102 valence electrons. The molecule has 0 saturated carbocycles. The van der Waals surface area contributed by atoms with Gasteiger partial charge in [0.05, 0.1) is 19.7 Å². The van der Waals surface area contributed by atoms with Crippen molar-refractivity contribution >= 4 is 0 Å². The van der Waals surface area contributed by atoms with E-state index >= 15 is 0 Å². The molecule has 1 aromatic carbocycles. The van der Waals surface area contributed by atoms with Crippen LogP contribution in [0.3, 0.4) is 0 Å². The number of aryl methyl sites for hydroxylation is 2. The molecule has 0 fully saturated rings. The number of likely N-dealkylation sites (N-methyl/N-ethyl adjacent to an activating group) is 1. The fourth-order valence-corrected chi connectivity index (χ4v) is 2.11. The molecule has 0 aliphatic rings. The second-order valence-electron chi connectivity index (χ2n) is 4.50. The van der Waals surface area contributed by atoms with E-state index in [2.05, 4.69) is 27.5 Å². The van der Waals surface area contributed by atoms with Crippen molar-refractivity contribution in [1.29, 1.82) is 0 Å². The number of rotatable bonds is 5. The van der Waals surface area contributed by atoms with Gasteiger partial charge < -0.3 is 10.1 Å². The Hall–Kier alpha value is -1.88. The van der Waals surface area contributed by atoms with Gasteiger partial charge in [-0.1, -0.05) is 12.1 Å². The first kappa shape index (κ1) is 13.5. The second-order valence-corrected chi connectivity index (χ2v) is 4.50. The minimum atomic E-state index is 0.200. The summed E-state index contributed by atoms with van der Waals surface area (Å²) < 4.78 is 7.11. The smallest absolute Gasteiger partial charge is 0.147 e. The van der Waals surface area contributed by atoms with Crippen LogP contribution >= 0.6 is 0 Å². The first-order chi connectivity index (χ1) is 9.13. The van der Waals surface area contributed by atoms with Crippen LogP contribution in [-0.2, 0) is 6.54 Å². The quantitative estimate of drug-likeness (QED) is 0.891. The molecule has 0 amide bonds. The lowest BCUT2D eigenvalue weighted by molar-refractivity contribution is 0.413. The molecule has 0 spiro atoms. The summed E-state index contributed by atoms with van der Waals surface area (Å²) in [6.45, 7) is 4.64. The standard InChI is InChI=1S/C14H20N4O/c1-10-16-11(2)18(17-10)9-14(15-3)12-5-7-13(19-4)8-6-12/h5-8,14-15H,9H2,1-4H3. The molecule has 2 aromatic rings. The van der Waals surface area contributed by atoms with Crippen LogP contribution < -0.4 is 10.1 Å². The fourth-order valence-electron chi connectivity index (χ4n) is 2.11. The predicted octanol–water partition coefficient (Wildman–Crippen LogP) is 1.86. The van der Waals surface area contributed by atoms with Gasteiger partial charge in [0.25, 0.3) is 0 Å². The minimum Gasteiger partial charge on any atom is -0.497 e. The van der Waals surface area contributed by atoms with Crippen LogP contribution in [0.15, 0.2) is 24.3 Å². The Morgan fingerprint density at radius 1 is 1.26 bits per heavy atom. The third-order valence-electron chi connectivity index (χ3n) is 3.18. The van der Waals surface area contributed by atoms with E-state index in [0.717, 1.165) is 23.9 Å². The van der Waals surface area contributed by atoms with Crippen molar-refractivity contribution in [2.24, 2.45) is 0 Å². The van der Waals surface area contributed by atoms with Gasteiger partial charge in [-0.2, -0.15) is 5.10 Å². The highest BCUT2D eigenvalue weighted by Crippen LogP contribution is 2.19. The third kappa shape index (κ3) is 3.12. The van der Waals surface area contributed by atoms with Gasteiger partial charge in [0.1, 0.15) is 17.4 Å². The van der Waals surface area contributed by atoms with Gasteiger partial charge in [-0.15, -0.1) is 0 Å². The van der Waals surface area contributed by atoms with E-state index in [9.17, 15) is 0 Å². The van der Waals surface area contributed by atoms with E-state index in [4.69, 9.17) is 4.74 Å². The third-order valence-corrected chi connectivity index (χ3v) is 3.18. The van der Waals surface area contributed by atoms with Gasteiger partial charge in [-0.05, 0) is 38.6 Å². The van der Waals surface area contributed by atoms with Crippen molar-refractivity contribution in [2.75, 3.05) is 14.2 Å². The normalized spacial score (nSPS) is 12.4. The van der Waals surface area contributed by atoms with Gasteiger partial charge in [-0.25, -0.2) is 9.67 Å². The van der Waals surface area contributed by atoms with E-state index in [1.807, 2.05) is 37.7 Å². The van der Waals surface area contributed by atoms with Crippen molar-refractivity contribution in [2.45, 2.75) is 26.4 Å². The van der Waals surface area contributed by atoms with Crippen LogP contribution in [0.4, 0.5) is 0 Å². The maximum atomic E-state index is 5.18. The zero-order chi connectivity index (χ0) is 13.8. The van der Waals surface area contributed by atoms with Gasteiger partial charge in [0.2, 0.25) is 0 Å². The van der Waals surface area contributed by atoms with E-state index in [1.165, 1.54) is 5.56 Å². The van der Waals surface area contributed by atoms with Gasteiger partial charge >= 0.3 is 0 Å². The Morgan fingerprint density at radius 2 is 1.95 bits per heavy atom. The number of methoxy groups -OCH3 is 1. The summed E-state index contributed by atoms with van der Waals surface area (Å²) in [7, 11) is 3.63. The van der Waals surface area contributed by atoms with E-state index in [1.54, 1.807) is 7.11 Å². The van der Waals surface area contributed by atoms with Crippen LogP contribution in [0.2, 0.25) is 0 Å². The van der Waals surface area contributed by atoms with Crippen molar-refractivity contribution in [3.05, 3.63) is 41.5 Å². The zero-order valence-electron chi connectivity index (χ0n) is 11.8. The highest BCUT2D eigenvalue weighted by atomic mass is 16.5. The summed E-state index contributed by atoms with van der Waals surface area (Å²) in [6, 6.07) is 8.28. The minimum absolute atomic E-state index is 0.200. The number of hydrogen-bond donors (Lipinski definition) is 1. The van der Waals surface area contributed by atoms with Gasteiger partial charge in [0, 0.05) is 0 Å². The molecular formula is C14H20N4O. The lowest BCUT2D eigenvalue weighted by Gasteiger charge is -2.17. The van der Waals surface area contributed by atoms with Crippen LogP contribution in [-0.4, -0.2) is 28.9 Å². The van der Waals surface area contributed by atoms with Gasteiger partial charge in [-0.3, -0.25) is 0 Å². The molecule has 0 radical (unpaired) electrons. The average molecular weight is 260 g/mol. The van der Waals surface area contributed by atoms with Crippen LogP contribution in [0.5, 0.6) is 5.75 Å². The first-order valence-electron chi connectivity index (χ1n) is 6.33. The predicted molar refractivity (Wildman–Crippen MR) is 74.3 cm³/mol. The molecule has 1 N–H and O–H groups in total. The van der Waals surface area contributed by atoms with Crippen LogP contribution in [0.25, 0.3) is 0 Å². The maximum Gasteiger partial charge on any atom is 0.147 e. The summed E-state index contributed by atoms with van der Waals surface area (Å²) >= 11 is 0. The fraction of sp³-hybridized carbons (Fsp3) is 0.429. The van der Waals surface area contributed by atoms with Crippen molar-refractivity contribution in [3.63, 3.8) is 0 Å². The highest BCUT2D eigenvalue weighted by Gasteiger charge is 2.12. The van der Waals surface area contributed by atoms with Crippen molar-refractivity contribution < 1.29 is 4.74 Å². The monoisotopic (exact) mass is 260 g/mol. The molecule has 1 atom stereocenters. The zero-order valence-corrected chi connectivity index (χ0v) is 11.8. The number of aromatic nitrogens is 3. The van der Waals surface area contributed by atoms with Crippen LogP contribution in [0.1, 0.15) is 23.3 Å². The van der Waals surface area contributed by atoms with Gasteiger partial charge in [0.15, 0.2) is 0 Å². The maximum absolute atomic E-state index is 5.18. The number of ether oxygens (including phenoxy) is 1. The van der Waals surface area contributed by atoms with E-state index < -0.39 is 0 Å². The lowest BCUT2D eigenvalue weighted by atomic mass is 10.1. The Labute approximate surface area is 113 Å². The Kier molecular flexibility index (Phi) is 4.16. The Morgan fingerprint density at radius 3 is 2.42 bits per heavy atom. The largest absolute Gasteiger partial charge is 0.497 e. The van der Waals surface area contributed by atoms with Crippen LogP contribution in [0, 0.1) is 13.8 Å². The molecule has 1 aromatic heterocycles.